The van der Waals surface area contributed by atoms with E-state index in [1.165, 1.54) is 6.92 Å². The number of hydrogen-bond acceptors (Lipinski definition) is 3. The molecule has 1 aromatic rings. The predicted octanol–water partition coefficient (Wildman–Crippen LogP) is 5.04. The maximum absolute atomic E-state index is 13.7. The topological polar surface area (TPSA) is 86.7 Å². The molecular weight excluding hydrogens is 428 g/mol. The number of likely N-dealkylation sites (N-methyl/N-ethyl adjacent to an activating group) is 1. The fraction of sp³-hybridized carbons (Fsp3) is 0.607. The zero-order chi connectivity index (χ0) is 26.4. The summed E-state index contributed by atoms with van der Waals surface area (Å²) in [5.74, 6) is -1.73. The minimum atomic E-state index is -1.01. The molecule has 0 bridgehead atoms. The van der Waals surface area contributed by atoms with Gasteiger partial charge in [0.25, 0.3) is 0 Å². The molecule has 0 aromatic heterocycles. The number of carboxylic acids is 1. The van der Waals surface area contributed by atoms with Gasteiger partial charge in [-0.15, -0.1) is 0 Å². The molecule has 2 N–H and O–H groups in total. The molecule has 0 saturated heterocycles. The van der Waals surface area contributed by atoms with E-state index < -0.39 is 28.9 Å². The van der Waals surface area contributed by atoms with Gasteiger partial charge in [0.2, 0.25) is 11.8 Å². The molecule has 0 aliphatic carbocycles. The number of carbonyl (C=O) groups is 3. The lowest BCUT2D eigenvalue weighted by atomic mass is 9.71. The average molecular weight is 473 g/mol. The van der Waals surface area contributed by atoms with E-state index in [1.807, 2.05) is 71.9 Å². The Morgan fingerprint density at radius 2 is 1.59 bits per heavy atom. The van der Waals surface area contributed by atoms with Crippen molar-refractivity contribution in [2.75, 3.05) is 7.05 Å². The van der Waals surface area contributed by atoms with Gasteiger partial charge in [-0.25, -0.2) is 4.79 Å². The zero-order valence-corrected chi connectivity index (χ0v) is 22.6. The Bertz CT molecular complexity index is 881. The van der Waals surface area contributed by atoms with Crippen LogP contribution in [-0.2, 0) is 19.8 Å². The van der Waals surface area contributed by atoms with E-state index in [1.54, 1.807) is 18.0 Å². The van der Waals surface area contributed by atoms with E-state index in [-0.39, 0.29) is 29.2 Å². The highest BCUT2D eigenvalue weighted by molar-refractivity contribution is 5.90. The number of aliphatic carboxylic acids is 1. The third-order valence-electron chi connectivity index (χ3n) is 6.75. The summed E-state index contributed by atoms with van der Waals surface area (Å²) in [5.41, 5.74) is 0.301. The molecule has 3 atom stereocenters. The van der Waals surface area contributed by atoms with E-state index in [0.29, 0.717) is 6.42 Å². The van der Waals surface area contributed by atoms with Crippen LogP contribution in [0.3, 0.4) is 0 Å². The summed E-state index contributed by atoms with van der Waals surface area (Å²) >= 11 is 0. The monoisotopic (exact) mass is 472 g/mol. The van der Waals surface area contributed by atoms with E-state index in [9.17, 15) is 19.5 Å². The lowest BCUT2D eigenvalue weighted by Gasteiger charge is -2.39. The van der Waals surface area contributed by atoms with Gasteiger partial charge in [-0.05, 0) is 30.2 Å². The van der Waals surface area contributed by atoms with Crippen LogP contribution in [0, 0.1) is 17.3 Å². The summed E-state index contributed by atoms with van der Waals surface area (Å²) in [5, 5.41) is 12.4. The third kappa shape index (κ3) is 7.18. The molecule has 1 aromatic carbocycles. The van der Waals surface area contributed by atoms with Crippen LogP contribution in [0.4, 0.5) is 0 Å². The Hall–Kier alpha value is -2.63. The number of carboxylic acid groups (broad SMARTS) is 1. The first kappa shape index (κ1) is 29.4. The fourth-order valence-electron chi connectivity index (χ4n) is 4.41. The van der Waals surface area contributed by atoms with Gasteiger partial charge in [-0.1, -0.05) is 91.8 Å². The second-order valence-electron chi connectivity index (χ2n) is 11.2. The molecule has 0 aliphatic heterocycles. The maximum Gasteiger partial charge on any atom is 0.331 e. The smallest absolute Gasteiger partial charge is 0.331 e. The molecule has 6 nitrogen and oxygen atoms in total. The number of hydrogen-bond donors (Lipinski definition) is 2. The molecule has 0 radical (unpaired) electrons. The Kier molecular flexibility index (Phi) is 10.1. The third-order valence-corrected chi connectivity index (χ3v) is 6.75. The van der Waals surface area contributed by atoms with Crippen molar-refractivity contribution in [1.29, 1.82) is 0 Å². The van der Waals surface area contributed by atoms with Crippen LogP contribution in [-0.4, -0.2) is 46.9 Å². The molecule has 34 heavy (non-hydrogen) atoms. The lowest BCUT2D eigenvalue weighted by Crippen LogP contribution is -2.58. The van der Waals surface area contributed by atoms with E-state index in [0.717, 1.165) is 5.56 Å². The second-order valence-corrected chi connectivity index (χ2v) is 11.2. The summed E-state index contributed by atoms with van der Waals surface area (Å²) in [6.07, 6.45) is 2.24. The van der Waals surface area contributed by atoms with Crippen LogP contribution in [0.25, 0.3) is 0 Å². The largest absolute Gasteiger partial charge is 0.478 e. The Labute approximate surface area is 205 Å². The quantitative estimate of drug-likeness (QED) is 0.467. The van der Waals surface area contributed by atoms with E-state index >= 15 is 0 Å². The summed E-state index contributed by atoms with van der Waals surface area (Å²) < 4.78 is 0. The van der Waals surface area contributed by atoms with Gasteiger partial charge in [0.15, 0.2) is 0 Å². The normalized spacial score (nSPS) is 15.4. The number of carbonyl (C=O) groups excluding carboxylic acids is 2. The van der Waals surface area contributed by atoms with Crippen LogP contribution in [0.1, 0.15) is 74.3 Å². The van der Waals surface area contributed by atoms with Crippen molar-refractivity contribution in [1.82, 2.24) is 10.2 Å². The van der Waals surface area contributed by atoms with Gasteiger partial charge in [0, 0.05) is 24.0 Å². The van der Waals surface area contributed by atoms with Gasteiger partial charge < -0.3 is 15.3 Å². The molecule has 0 saturated carbocycles. The van der Waals surface area contributed by atoms with Gasteiger partial charge >= 0.3 is 5.97 Å². The number of nitrogens with zero attached hydrogens (tertiary/aromatic N) is 1. The molecule has 1 rings (SSSR count). The van der Waals surface area contributed by atoms with E-state index in [4.69, 9.17) is 0 Å². The first-order valence-corrected chi connectivity index (χ1v) is 12.1. The SMILES string of the molecule is CC[C@H](C(=O)N[C@H](C(=O)N(C)[C@@H](/C=C(\C)C(=O)O)C(C)C)C(C)(C)C)C(C)(C)c1ccccc1. The minimum absolute atomic E-state index is 0.0000239. The summed E-state index contributed by atoms with van der Waals surface area (Å²) in [6, 6.07) is 8.78. The van der Waals surface area contributed by atoms with Crippen molar-refractivity contribution in [3.63, 3.8) is 0 Å². The number of benzene rings is 1. The van der Waals surface area contributed by atoms with Crippen molar-refractivity contribution < 1.29 is 19.5 Å². The van der Waals surface area contributed by atoms with Crippen LogP contribution in [0.15, 0.2) is 42.0 Å². The lowest BCUT2D eigenvalue weighted by molar-refractivity contribution is -0.141. The van der Waals surface area contributed by atoms with E-state index in [2.05, 4.69) is 19.2 Å². The molecule has 0 spiro atoms. The Morgan fingerprint density at radius 1 is 1.06 bits per heavy atom. The summed E-state index contributed by atoms with van der Waals surface area (Å²) in [7, 11) is 1.68. The first-order chi connectivity index (χ1) is 15.5. The van der Waals surface area contributed by atoms with Crippen LogP contribution in [0.5, 0.6) is 0 Å². The van der Waals surface area contributed by atoms with Gasteiger partial charge in [-0.3, -0.25) is 9.59 Å². The molecule has 0 heterocycles. The number of nitrogens with one attached hydrogen (secondary N) is 1. The molecule has 2 amide bonds. The summed E-state index contributed by atoms with van der Waals surface area (Å²) in [4.78, 5) is 40.2. The molecule has 0 fully saturated rings. The second kappa shape index (κ2) is 11.7. The Balaban J connectivity index is 3.29. The van der Waals surface area contributed by atoms with Gasteiger partial charge in [-0.2, -0.15) is 0 Å². The van der Waals surface area contributed by atoms with Crippen molar-refractivity contribution >= 4 is 17.8 Å². The van der Waals surface area contributed by atoms with Gasteiger partial charge in [0.1, 0.15) is 6.04 Å². The van der Waals surface area contributed by atoms with Crippen molar-refractivity contribution in [3.05, 3.63) is 47.5 Å². The van der Waals surface area contributed by atoms with Crippen LogP contribution in [0.2, 0.25) is 0 Å². The highest BCUT2D eigenvalue weighted by Crippen LogP contribution is 2.34. The van der Waals surface area contributed by atoms with Crippen LogP contribution >= 0.6 is 0 Å². The molecule has 0 unspecified atom stereocenters. The van der Waals surface area contributed by atoms with Crippen LogP contribution < -0.4 is 5.32 Å². The van der Waals surface area contributed by atoms with Crippen molar-refractivity contribution in [3.8, 4) is 0 Å². The summed E-state index contributed by atoms with van der Waals surface area (Å²) in [6.45, 7) is 17.3. The predicted molar refractivity (Wildman–Crippen MR) is 137 cm³/mol. The molecule has 190 valence electrons. The molecule has 6 heteroatoms. The highest BCUT2D eigenvalue weighted by Gasteiger charge is 2.41. The first-order valence-electron chi connectivity index (χ1n) is 12.1. The molecule has 0 aliphatic rings. The molecular formula is C28H44N2O4. The van der Waals surface area contributed by atoms with Crippen molar-refractivity contribution in [2.45, 2.75) is 86.2 Å². The Morgan fingerprint density at radius 3 is 2.00 bits per heavy atom. The fourth-order valence-corrected chi connectivity index (χ4v) is 4.41. The zero-order valence-electron chi connectivity index (χ0n) is 22.6. The number of amides is 2. The minimum Gasteiger partial charge on any atom is -0.478 e. The highest BCUT2D eigenvalue weighted by atomic mass is 16.4. The van der Waals surface area contributed by atoms with Crippen molar-refractivity contribution in [2.24, 2.45) is 17.3 Å². The van der Waals surface area contributed by atoms with Gasteiger partial charge in [0.05, 0.1) is 6.04 Å². The number of rotatable bonds is 10. The average Bonchev–Trinajstić information content (AvgIpc) is 2.74. The standard InChI is InChI=1S/C28H44N2O4/c1-11-21(28(8,9)20-15-13-12-14-16-20)24(31)29-23(27(5,6)7)25(32)30(10)22(18(2)3)17-19(4)26(33)34/h12-18,21-23H,11H2,1-10H3,(H,29,31)(H,33,34)/b19-17+/t21-,22+,23-/m1/s1. The maximum atomic E-state index is 13.7.